The Balaban J connectivity index is 2.91. The number of hydrogen-bond acceptors (Lipinski definition) is 4. The summed E-state index contributed by atoms with van der Waals surface area (Å²) in [6, 6.07) is 2.00. The number of nitrogens with one attached hydrogen (secondary N) is 1. The Hall–Kier alpha value is -2.51. The standard InChI is InChI=1S/C12H14FN3O4/c1-7(12(18)15(2)3)14-11(17)8-4-5-9(13)10(6-8)16(19)20/h4-7H,1-3H3,(H,14,17). The van der Waals surface area contributed by atoms with Gasteiger partial charge in [-0.05, 0) is 19.1 Å². The smallest absolute Gasteiger partial charge is 0.305 e. The van der Waals surface area contributed by atoms with Gasteiger partial charge in [0.1, 0.15) is 6.04 Å². The molecule has 0 aliphatic carbocycles. The van der Waals surface area contributed by atoms with Crippen molar-refractivity contribution < 1.29 is 18.9 Å². The zero-order chi connectivity index (χ0) is 15.4. The third-order valence-electron chi connectivity index (χ3n) is 2.56. The summed E-state index contributed by atoms with van der Waals surface area (Å²) < 4.78 is 13.1. The van der Waals surface area contributed by atoms with Gasteiger partial charge in [0.2, 0.25) is 11.7 Å². The van der Waals surface area contributed by atoms with E-state index in [4.69, 9.17) is 0 Å². The Kier molecular flexibility index (Phi) is 4.73. The van der Waals surface area contributed by atoms with Crippen LogP contribution in [-0.4, -0.2) is 41.8 Å². The highest BCUT2D eigenvalue weighted by Gasteiger charge is 2.21. The zero-order valence-corrected chi connectivity index (χ0v) is 11.2. The fourth-order valence-corrected chi connectivity index (χ4v) is 1.52. The number of halogens is 1. The molecule has 20 heavy (non-hydrogen) atoms. The lowest BCUT2D eigenvalue weighted by atomic mass is 10.1. The minimum Gasteiger partial charge on any atom is -0.347 e. The van der Waals surface area contributed by atoms with Crippen LogP contribution in [-0.2, 0) is 4.79 Å². The molecule has 0 radical (unpaired) electrons. The van der Waals surface area contributed by atoms with Crippen molar-refractivity contribution in [3.63, 3.8) is 0 Å². The number of nitro groups is 1. The third-order valence-corrected chi connectivity index (χ3v) is 2.56. The maximum atomic E-state index is 13.1. The molecule has 0 heterocycles. The molecule has 0 aliphatic heterocycles. The number of nitrogens with zero attached hydrogens (tertiary/aromatic N) is 2. The van der Waals surface area contributed by atoms with Gasteiger partial charge in [0.15, 0.2) is 0 Å². The van der Waals surface area contributed by atoms with Crippen molar-refractivity contribution >= 4 is 17.5 Å². The molecule has 2 amide bonds. The first-order valence-electron chi connectivity index (χ1n) is 5.70. The Morgan fingerprint density at radius 1 is 1.40 bits per heavy atom. The molecular formula is C12H14FN3O4. The fourth-order valence-electron chi connectivity index (χ4n) is 1.52. The van der Waals surface area contributed by atoms with Crippen molar-refractivity contribution in [2.75, 3.05) is 14.1 Å². The third kappa shape index (κ3) is 3.50. The Labute approximate surface area is 114 Å². The van der Waals surface area contributed by atoms with E-state index in [9.17, 15) is 24.1 Å². The average molecular weight is 283 g/mol. The van der Waals surface area contributed by atoms with Crippen LogP contribution in [0.15, 0.2) is 18.2 Å². The quantitative estimate of drug-likeness (QED) is 0.657. The van der Waals surface area contributed by atoms with Gasteiger partial charge in [0.05, 0.1) is 4.92 Å². The second-order valence-electron chi connectivity index (χ2n) is 4.35. The van der Waals surface area contributed by atoms with Crippen LogP contribution in [0.1, 0.15) is 17.3 Å². The van der Waals surface area contributed by atoms with Crippen LogP contribution >= 0.6 is 0 Å². The normalized spacial score (nSPS) is 11.6. The van der Waals surface area contributed by atoms with Crippen molar-refractivity contribution in [1.29, 1.82) is 0 Å². The van der Waals surface area contributed by atoms with Crippen LogP contribution in [0.2, 0.25) is 0 Å². The Morgan fingerprint density at radius 3 is 2.50 bits per heavy atom. The maximum absolute atomic E-state index is 13.1. The predicted molar refractivity (Wildman–Crippen MR) is 68.7 cm³/mol. The molecule has 0 aliphatic rings. The summed E-state index contributed by atoms with van der Waals surface area (Å²) in [6.45, 7) is 1.48. The Morgan fingerprint density at radius 2 is 2.00 bits per heavy atom. The topological polar surface area (TPSA) is 92.5 Å². The fraction of sp³-hybridized carbons (Fsp3) is 0.333. The molecule has 1 rings (SSSR count). The van der Waals surface area contributed by atoms with Gasteiger partial charge >= 0.3 is 5.69 Å². The van der Waals surface area contributed by atoms with Crippen LogP contribution in [0.25, 0.3) is 0 Å². The number of likely N-dealkylation sites (N-methyl/N-ethyl adjacent to an activating group) is 1. The van der Waals surface area contributed by atoms with Crippen LogP contribution < -0.4 is 5.32 Å². The molecule has 0 bridgehead atoms. The molecule has 1 N–H and O–H groups in total. The van der Waals surface area contributed by atoms with Gasteiger partial charge in [-0.25, -0.2) is 0 Å². The highest BCUT2D eigenvalue weighted by Crippen LogP contribution is 2.18. The highest BCUT2D eigenvalue weighted by atomic mass is 19.1. The number of nitro benzene ring substituents is 1. The van der Waals surface area contributed by atoms with Crippen molar-refractivity contribution in [2.24, 2.45) is 0 Å². The van der Waals surface area contributed by atoms with E-state index >= 15 is 0 Å². The summed E-state index contributed by atoms with van der Waals surface area (Å²) in [6.07, 6.45) is 0. The predicted octanol–water partition coefficient (Wildman–Crippen LogP) is 0.940. The molecule has 1 aromatic rings. The largest absolute Gasteiger partial charge is 0.347 e. The first kappa shape index (κ1) is 15.5. The van der Waals surface area contributed by atoms with E-state index in [0.717, 1.165) is 18.2 Å². The second-order valence-corrected chi connectivity index (χ2v) is 4.35. The van der Waals surface area contributed by atoms with E-state index < -0.39 is 28.4 Å². The van der Waals surface area contributed by atoms with Gasteiger partial charge in [-0.15, -0.1) is 0 Å². The summed E-state index contributed by atoms with van der Waals surface area (Å²) in [5.41, 5.74) is -0.874. The van der Waals surface area contributed by atoms with Crippen LogP contribution in [0.3, 0.4) is 0 Å². The number of amides is 2. The van der Waals surface area contributed by atoms with Gasteiger partial charge in [-0.3, -0.25) is 19.7 Å². The molecule has 0 saturated carbocycles. The lowest BCUT2D eigenvalue weighted by Gasteiger charge is -2.17. The molecule has 108 valence electrons. The second kappa shape index (κ2) is 6.09. The van der Waals surface area contributed by atoms with E-state index in [1.165, 1.54) is 25.9 Å². The van der Waals surface area contributed by atoms with E-state index in [1.54, 1.807) is 0 Å². The van der Waals surface area contributed by atoms with E-state index in [2.05, 4.69) is 5.32 Å². The molecule has 1 unspecified atom stereocenters. The molecule has 7 nitrogen and oxygen atoms in total. The van der Waals surface area contributed by atoms with E-state index in [1.807, 2.05) is 0 Å². The Bertz CT molecular complexity index is 560. The van der Waals surface area contributed by atoms with Crippen LogP contribution in [0, 0.1) is 15.9 Å². The SMILES string of the molecule is CC(NC(=O)c1ccc(F)c([N+](=O)[O-])c1)C(=O)N(C)C. The lowest BCUT2D eigenvalue weighted by molar-refractivity contribution is -0.387. The summed E-state index contributed by atoms with van der Waals surface area (Å²) in [7, 11) is 3.07. The maximum Gasteiger partial charge on any atom is 0.305 e. The molecule has 0 fully saturated rings. The highest BCUT2D eigenvalue weighted by molar-refractivity contribution is 5.97. The van der Waals surface area contributed by atoms with Crippen molar-refractivity contribution in [2.45, 2.75) is 13.0 Å². The molecule has 1 atom stereocenters. The number of hydrogen-bond donors (Lipinski definition) is 1. The first-order chi connectivity index (χ1) is 9.23. The monoisotopic (exact) mass is 283 g/mol. The van der Waals surface area contributed by atoms with Gasteiger partial charge in [-0.2, -0.15) is 4.39 Å². The number of benzene rings is 1. The molecule has 1 aromatic carbocycles. The lowest BCUT2D eigenvalue weighted by Crippen LogP contribution is -2.44. The molecule has 0 aromatic heterocycles. The van der Waals surface area contributed by atoms with Crippen molar-refractivity contribution in [3.8, 4) is 0 Å². The molecular weight excluding hydrogens is 269 g/mol. The number of carbonyl (C=O) groups is 2. The van der Waals surface area contributed by atoms with E-state index in [0.29, 0.717) is 0 Å². The minimum absolute atomic E-state index is 0.0866. The summed E-state index contributed by atoms with van der Waals surface area (Å²) in [5, 5.41) is 13.0. The average Bonchev–Trinajstić information content (AvgIpc) is 2.37. The first-order valence-corrected chi connectivity index (χ1v) is 5.70. The molecule has 0 saturated heterocycles. The van der Waals surface area contributed by atoms with Gasteiger partial charge in [0, 0.05) is 25.7 Å². The summed E-state index contributed by atoms with van der Waals surface area (Å²) in [4.78, 5) is 34.4. The van der Waals surface area contributed by atoms with Crippen molar-refractivity contribution in [1.82, 2.24) is 10.2 Å². The van der Waals surface area contributed by atoms with Crippen molar-refractivity contribution in [3.05, 3.63) is 39.7 Å². The van der Waals surface area contributed by atoms with E-state index in [-0.39, 0.29) is 11.5 Å². The minimum atomic E-state index is -1.02. The van der Waals surface area contributed by atoms with Gasteiger partial charge in [0.25, 0.3) is 5.91 Å². The summed E-state index contributed by atoms with van der Waals surface area (Å²) >= 11 is 0. The van der Waals surface area contributed by atoms with Crippen LogP contribution in [0.4, 0.5) is 10.1 Å². The summed E-state index contributed by atoms with van der Waals surface area (Å²) in [5.74, 6) is -2.03. The van der Waals surface area contributed by atoms with Gasteiger partial charge in [-0.1, -0.05) is 0 Å². The molecule has 0 spiro atoms. The van der Waals surface area contributed by atoms with Gasteiger partial charge < -0.3 is 10.2 Å². The number of rotatable bonds is 4. The van der Waals surface area contributed by atoms with Crippen LogP contribution in [0.5, 0.6) is 0 Å². The number of carbonyl (C=O) groups excluding carboxylic acids is 2. The zero-order valence-electron chi connectivity index (χ0n) is 11.2. The molecule has 8 heteroatoms.